The Morgan fingerprint density at radius 3 is 2.88 bits per heavy atom. The van der Waals surface area contributed by atoms with Crippen LogP contribution in [0.15, 0.2) is 23.1 Å². The first kappa shape index (κ1) is 11.9. The van der Waals surface area contributed by atoms with E-state index >= 15 is 0 Å². The number of hydrogen-bond donors (Lipinski definition) is 1. The molecule has 4 nitrogen and oxygen atoms in total. The predicted octanol–water partition coefficient (Wildman–Crippen LogP) is 1.64. The molecule has 1 saturated heterocycles. The van der Waals surface area contributed by atoms with Gasteiger partial charge in [0.05, 0.1) is 0 Å². The Morgan fingerprint density at radius 1 is 1.41 bits per heavy atom. The Bertz CT molecular complexity index is 466. The van der Waals surface area contributed by atoms with Gasteiger partial charge in [-0.15, -0.1) is 0 Å². The van der Waals surface area contributed by atoms with Crippen molar-refractivity contribution in [1.29, 1.82) is 0 Å². The molecule has 0 aliphatic carbocycles. The molecule has 0 aromatic carbocycles. The van der Waals surface area contributed by atoms with E-state index in [4.69, 9.17) is 0 Å². The van der Waals surface area contributed by atoms with Gasteiger partial charge in [-0.05, 0) is 31.7 Å². The van der Waals surface area contributed by atoms with Crippen LogP contribution in [-0.2, 0) is 0 Å². The first-order chi connectivity index (χ1) is 8.08. The SMILES string of the molecule is CC1CCC(C)N(C(=O)c2cc[nH]c(=O)c2)C1. The number of rotatable bonds is 1. The smallest absolute Gasteiger partial charge is 0.254 e. The molecule has 0 radical (unpaired) electrons. The van der Waals surface area contributed by atoms with Gasteiger partial charge in [0.2, 0.25) is 5.56 Å². The van der Waals surface area contributed by atoms with Crippen molar-refractivity contribution < 1.29 is 4.79 Å². The van der Waals surface area contributed by atoms with E-state index in [9.17, 15) is 9.59 Å². The first-order valence-corrected chi connectivity index (χ1v) is 6.07. The number of nitrogens with one attached hydrogen (secondary N) is 1. The number of pyridine rings is 1. The molecule has 1 amide bonds. The summed E-state index contributed by atoms with van der Waals surface area (Å²) in [5.41, 5.74) is 0.253. The summed E-state index contributed by atoms with van der Waals surface area (Å²) in [5.74, 6) is 0.507. The molecule has 2 atom stereocenters. The second kappa shape index (κ2) is 4.73. The summed E-state index contributed by atoms with van der Waals surface area (Å²) in [5, 5.41) is 0. The summed E-state index contributed by atoms with van der Waals surface area (Å²) in [6.45, 7) is 5.01. The molecule has 1 aromatic rings. The van der Waals surface area contributed by atoms with Crippen molar-refractivity contribution >= 4 is 5.91 Å². The molecule has 1 aliphatic heterocycles. The van der Waals surface area contributed by atoms with Crippen LogP contribution in [0.4, 0.5) is 0 Å². The number of hydrogen-bond acceptors (Lipinski definition) is 2. The Balaban J connectivity index is 2.21. The second-order valence-corrected chi connectivity index (χ2v) is 4.93. The molecule has 4 heteroatoms. The lowest BCUT2D eigenvalue weighted by Crippen LogP contribution is -2.45. The molecule has 0 spiro atoms. The zero-order valence-corrected chi connectivity index (χ0v) is 10.3. The fraction of sp³-hybridized carbons (Fsp3) is 0.538. The second-order valence-electron chi connectivity index (χ2n) is 4.93. The molecule has 1 N–H and O–H groups in total. The average Bonchev–Trinajstić information content (AvgIpc) is 2.31. The molecule has 92 valence electrons. The molecule has 1 fully saturated rings. The Labute approximate surface area is 101 Å². The lowest BCUT2D eigenvalue weighted by molar-refractivity contribution is 0.0574. The van der Waals surface area contributed by atoms with Gasteiger partial charge in [0, 0.05) is 30.4 Å². The number of H-pyrrole nitrogens is 1. The average molecular weight is 234 g/mol. The summed E-state index contributed by atoms with van der Waals surface area (Å²) in [4.78, 5) is 27.9. The maximum atomic E-state index is 12.3. The largest absolute Gasteiger partial charge is 0.336 e. The first-order valence-electron chi connectivity index (χ1n) is 6.07. The van der Waals surface area contributed by atoms with Crippen LogP contribution >= 0.6 is 0 Å². The summed E-state index contributed by atoms with van der Waals surface area (Å²) >= 11 is 0. The number of aromatic amines is 1. The van der Waals surface area contributed by atoms with Crippen molar-refractivity contribution in [3.8, 4) is 0 Å². The van der Waals surface area contributed by atoms with Crippen LogP contribution < -0.4 is 5.56 Å². The molecule has 1 aliphatic rings. The standard InChI is InChI=1S/C13H18N2O2/c1-9-3-4-10(2)15(8-9)13(17)11-5-6-14-12(16)7-11/h5-7,9-10H,3-4,8H2,1-2H3,(H,14,16). The van der Waals surface area contributed by atoms with Crippen molar-refractivity contribution in [3.05, 3.63) is 34.2 Å². The highest BCUT2D eigenvalue weighted by molar-refractivity contribution is 5.94. The highest BCUT2D eigenvalue weighted by Crippen LogP contribution is 2.22. The number of aromatic nitrogens is 1. The Hall–Kier alpha value is -1.58. The normalized spacial score (nSPS) is 24.7. The minimum absolute atomic E-state index is 0.0323. The summed E-state index contributed by atoms with van der Waals surface area (Å²) in [7, 11) is 0. The van der Waals surface area contributed by atoms with Gasteiger partial charge in [-0.25, -0.2) is 0 Å². The van der Waals surface area contributed by atoms with Gasteiger partial charge in [-0.2, -0.15) is 0 Å². The van der Waals surface area contributed by atoms with Crippen molar-refractivity contribution in [2.24, 2.45) is 5.92 Å². The van der Waals surface area contributed by atoms with Gasteiger partial charge in [-0.3, -0.25) is 9.59 Å². The van der Waals surface area contributed by atoms with E-state index < -0.39 is 0 Å². The minimum atomic E-state index is -0.228. The molecule has 2 heterocycles. The third-order valence-corrected chi connectivity index (χ3v) is 3.40. The molecule has 0 saturated carbocycles. The zero-order chi connectivity index (χ0) is 12.4. The summed E-state index contributed by atoms with van der Waals surface area (Å²) < 4.78 is 0. The van der Waals surface area contributed by atoms with Gasteiger partial charge in [0.15, 0.2) is 0 Å². The summed E-state index contributed by atoms with van der Waals surface area (Å²) in [6.07, 6.45) is 3.73. The van der Waals surface area contributed by atoms with E-state index in [-0.39, 0.29) is 17.5 Å². The third kappa shape index (κ3) is 2.57. The molecular formula is C13H18N2O2. The third-order valence-electron chi connectivity index (χ3n) is 3.40. The summed E-state index contributed by atoms with van der Waals surface area (Å²) in [6, 6.07) is 3.29. The molecule has 2 rings (SSSR count). The van der Waals surface area contributed by atoms with Gasteiger partial charge in [0.1, 0.15) is 0 Å². The van der Waals surface area contributed by atoms with Crippen molar-refractivity contribution in [2.75, 3.05) is 6.54 Å². The van der Waals surface area contributed by atoms with Crippen molar-refractivity contribution in [2.45, 2.75) is 32.7 Å². The van der Waals surface area contributed by atoms with E-state index in [0.717, 1.165) is 13.0 Å². The van der Waals surface area contributed by atoms with Crippen LogP contribution in [0, 0.1) is 5.92 Å². The molecular weight excluding hydrogens is 216 g/mol. The quantitative estimate of drug-likeness (QED) is 0.803. The van der Waals surface area contributed by atoms with E-state index in [1.165, 1.54) is 18.7 Å². The fourth-order valence-electron chi connectivity index (χ4n) is 2.32. The maximum absolute atomic E-state index is 12.3. The lowest BCUT2D eigenvalue weighted by atomic mass is 9.94. The number of nitrogens with zero attached hydrogens (tertiary/aromatic N) is 1. The van der Waals surface area contributed by atoms with E-state index in [0.29, 0.717) is 11.5 Å². The maximum Gasteiger partial charge on any atom is 0.254 e. The van der Waals surface area contributed by atoms with E-state index in [1.54, 1.807) is 6.07 Å². The number of likely N-dealkylation sites (tertiary alicyclic amines) is 1. The van der Waals surface area contributed by atoms with Crippen molar-refractivity contribution in [1.82, 2.24) is 9.88 Å². The Kier molecular flexibility index (Phi) is 3.31. The molecule has 17 heavy (non-hydrogen) atoms. The van der Waals surface area contributed by atoms with E-state index in [2.05, 4.69) is 18.8 Å². The highest BCUT2D eigenvalue weighted by Gasteiger charge is 2.27. The number of piperidine rings is 1. The number of amides is 1. The lowest BCUT2D eigenvalue weighted by Gasteiger charge is -2.36. The Morgan fingerprint density at radius 2 is 2.18 bits per heavy atom. The van der Waals surface area contributed by atoms with Gasteiger partial charge in [-0.1, -0.05) is 6.92 Å². The minimum Gasteiger partial charge on any atom is -0.336 e. The van der Waals surface area contributed by atoms with Crippen LogP contribution in [0.25, 0.3) is 0 Å². The van der Waals surface area contributed by atoms with Crippen LogP contribution in [0.1, 0.15) is 37.0 Å². The topological polar surface area (TPSA) is 53.2 Å². The van der Waals surface area contributed by atoms with Crippen molar-refractivity contribution in [3.63, 3.8) is 0 Å². The zero-order valence-electron chi connectivity index (χ0n) is 10.3. The number of carbonyl (C=O) groups is 1. The monoisotopic (exact) mass is 234 g/mol. The van der Waals surface area contributed by atoms with Crippen LogP contribution in [-0.4, -0.2) is 28.4 Å². The van der Waals surface area contributed by atoms with Crippen LogP contribution in [0.2, 0.25) is 0 Å². The van der Waals surface area contributed by atoms with Gasteiger partial charge >= 0.3 is 0 Å². The number of carbonyl (C=O) groups excluding carboxylic acids is 1. The van der Waals surface area contributed by atoms with Crippen LogP contribution in [0.5, 0.6) is 0 Å². The van der Waals surface area contributed by atoms with E-state index in [1.807, 2.05) is 4.90 Å². The van der Waals surface area contributed by atoms with Gasteiger partial charge < -0.3 is 9.88 Å². The fourth-order valence-corrected chi connectivity index (χ4v) is 2.32. The molecule has 2 unspecified atom stereocenters. The predicted molar refractivity (Wildman–Crippen MR) is 66.0 cm³/mol. The van der Waals surface area contributed by atoms with Gasteiger partial charge in [0.25, 0.3) is 5.91 Å². The van der Waals surface area contributed by atoms with Crippen LogP contribution in [0.3, 0.4) is 0 Å². The molecule has 1 aromatic heterocycles. The highest BCUT2D eigenvalue weighted by atomic mass is 16.2. The molecule has 0 bridgehead atoms.